The Hall–Kier alpha value is -3.18. The molecule has 1 heterocycles. The minimum Gasteiger partial charge on any atom is -0.468 e. The average molecular weight is 500 g/mol. The van der Waals surface area contributed by atoms with E-state index in [1.54, 1.807) is 24.3 Å². The van der Waals surface area contributed by atoms with Crippen LogP contribution in [0.4, 0.5) is 24.5 Å². The number of ether oxygens (including phenoxy) is 1. The predicted octanol–water partition coefficient (Wildman–Crippen LogP) is 3.86. The summed E-state index contributed by atoms with van der Waals surface area (Å²) in [5.74, 6) is -2.05. The largest absolute Gasteiger partial charge is 0.468 e. The summed E-state index contributed by atoms with van der Waals surface area (Å²) in [5, 5.41) is 2.85. The van der Waals surface area contributed by atoms with E-state index in [2.05, 4.69) is 10.1 Å². The van der Waals surface area contributed by atoms with Crippen LogP contribution < -0.4 is 10.2 Å². The summed E-state index contributed by atoms with van der Waals surface area (Å²) in [6.45, 7) is -0.463. The van der Waals surface area contributed by atoms with Gasteiger partial charge in [-0.2, -0.15) is 13.2 Å². The van der Waals surface area contributed by atoms with Gasteiger partial charge in [0, 0.05) is 10.7 Å². The van der Waals surface area contributed by atoms with E-state index in [9.17, 15) is 27.6 Å². The molecule has 3 rings (SSSR count). The number of benzene rings is 2. The zero-order chi connectivity index (χ0) is 24.3. The average Bonchev–Trinajstić information content (AvgIpc) is 2.98. The quantitative estimate of drug-likeness (QED) is 0.480. The predicted molar refractivity (Wildman–Crippen MR) is 119 cm³/mol. The van der Waals surface area contributed by atoms with Crippen molar-refractivity contribution in [2.45, 2.75) is 18.6 Å². The summed E-state index contributed by atoms with van der Waals surface area (Å²) in [5.41, 5.74) is -0.680. The maximum Gasteiger partial charge on any atom is 0.416 e. The Labute approximate surface area is 197 Å². The number of thiocarbonyl (C=S) groups is 1. The molecule has 0 bridgehead atoms. The molecule has 0 saturated carbocycles. The number of hydrogen-bond acceptors (Lipinski definition) is 5. The van der Waals surface area contributed by atoms with Crippen molar-refractivity contribution in [3.05, 3.63) is 59.1 Å². The van der Waals surface area contributed by atoms with Gasteiger partial charge in [0.1, 0.15) is 12.6 Å². The van der Waals surface area contributed by atoms with Crippen LogP contribution in [0.1, 0.15) is 12.0 Å². The molecule has 0 radical (unpaired) electrons. The van der Waals surface area contributed by atoms with Crippen molar-refractivity contribution in [3.8, 4) is 0 Å². The second kappa shape index (κ2) is 9.75. The fraction of sp³-hybridized carbons (Fsp3) is 0.238. The number of halogens is 4. The van der Waals surface area contributed by atoms with Crippen LogP contribution in [0, 0.1) is 0 Å². The number of anilines is 2. The molecular weight excluding hydrogens is 483 g/mol. The zero-order valence-electron chi connectivity index (χ0n) is 17.1. The summed E-state index contributed by atoms with van der Waals surface area (Å²) in [7, 11) is 1.14. The fourth-order valence-corrected chi connectivity index (χ4v) is 3.71. The molecule has 2 amide bonds. The molecule has 0 unspecified atom stereocenters. The third-order valence-electron chi connectivity index (χ3n) is 4.78. The number of rotatable bonds is 6. The molecule has 1 saturated heterocycles. The Bertz CT molecular complexity index is 1090. The molecule has 1 atom stereocenters. The van der Waals surface area contributed by atoms with E-state index in [1.807, 2.05) is 0 Å². The lowest BCUT2D eigenvalue weighted by Gasteiger charge is -2.22. The van der Waals surface area contributed by atoms with Gasteiger partial charge in [0.25, 0.3) is 5.91 Å². The van der Waals surface area contributed by atoms with Crippen molar-refractivity contribution in [3.63, 3.8) is 0 Å². The summed E-state index contributed by atoms with van der Waals surface area (Å²) < 4.78 is 44.1. The van der Waals surface area contributed by atoms with Crippen molar-refractivity contribution in [2.24, 2.45) is 0 Å². The Morgan fingerprint density at radius 2 is 1.85 bits per heavy atom. The third-order valence-corrected chi connectivity index (χ3v) is 5.45. The highest BCUT2D eigenvalue weighted by Gasteiger charge is 2.45. The second-order valence-electron chi connectivity index (χ2n) is 6.98. The number of esters is 1. The van der Waals surface area contributed by atoms with Crippen LogP contribution in [0.15, 0.2) is 48.5 Å². The van der Waals surface area contributed by atoms with Crippen LogP contribution in [-0.2, 0) is 25.3 Å². The molecule has 2 aromatic rings. The molecule has 33 heavy (non-hydrogen) atoms. The third kappa shape index (κ3) is 5.60. The van der Waals surface area contributed by atoms with E-state index >= 15 is 0 Å². The molecule has 1 fully saturated rings. The number of methoxy groups -OCH3 is 1. The van der Waals surface area contributed by atoms with Crippen LogP contribution in [0.3, 0.4) is 0 Å². The van der Waals surface area contributed by atoms with Crippen LogP contribution in [0.5, 0.6) is 0 Å². The van der Waals surface area contributed by atoms with E-state index in [0.717, 1.165) is 35.1 Å². The first-order valence-electron chi connectivity index (χ1n) is 9.45. The standard InChI is InChI=1S/C21H17ClF3N3O4S/c1-32-18(30)11-27-16(10-17(29)26-14-7-5-13(22)6-8-14)19(31)28(20(27)33)15-4-2-3-12(9-15)21(23,24)25/h2-9,16H,10-11H2,1H3,(H,26,29)/t16-/m0/s1. The van der Waals surface area contributed by atoms with Crippen molar-refractivity contribution in [1.29, 1.82) is 0 Å². The molecule has 1 aliphatic heterocycles. The smallest absolute Gasteiger partial charge is 0.416 e. The van der Waals surface area contributed by atoms with E-state index < -0.39 is 48.5 Å². The summed E-state index contributed by atoms with van der Waals surface area (Å²) in [6, 6.07) is 9.07. The van der Waals surface area contributed by atoms with Crippen molar-refractivity contribution >= 4 is 58.1 Å². The molecular formula is C21H17ClF3N3O4S. The van der Waals surface area contributed by atoms with Gasteiger partial charge in [0.2, 0.25) is 5.91 Å². The Morgan fingerprint density at radius 3 is 2.45 bits per heavy atom. The minimum atomic E-state index is -4.63. The Balaban J connectivity index is 1.88. The Kier molecular flexibility index (Phi) is 7.23. The normalized spacial score (nSPS) is 16.2. The van der Waals surface area contributed by atoms with Crippen LogP contribution in [0.2, 0.25) is 5.02 Å². The molecule has 7 nitrogen and oxygen atoms in total. The van der Waals surface area contributed by atoms with Crippen LogP contribution in [-0.4, -0.2) is 47.5 Å². The number of nitrogens with zero attached hydrogens (tertiary/aromatic N) is 2. The van der Waals surface area contributed by atoms with Crippen LogP contribution >= 0.6 is 23.8 Å². The highest BCUT2D eigenvalue weighted by Crippen LogP contribution is 2.34. The van der Waals surface area contributed by atoms with Crippen LogP contribution in [0.25, 0.3) is 0 Å². The molecule has 12 heteroatoms. The molecule has 0 spiro atoms. The molecule has 0 aromatic heterocycles. The maximum atomic E-state index is 13.2. The maximum absolute atomic E-state index is 13.2. The van der Waals surface area contributed by atoms with Crippen molar-refractivity contribution in [1.82, 2.24) is 4.90 Å². The lowest BCUT2D eigenvalue weighted by molar-refractivity contribution is -0.142. The molecule has 2 aromatic carbocycles. The van der Waals surface area contributed by atoms with Gasteiger partial charge in [-0.25, -0.2) is 0 Å². The summed E-state index contributed by atoms with van der Waals surface area (Å²) in [6.07, 6.45) is -5.04. The van der Waals surface area contributed by atoms with Gasteiger partial charge in [-0.3, -0.25) is 19.3 Å². The molecule has 1 aliphatic rings. The first-order valence-corrected chi connectivity index (χ1v) is 10.2. The van der Waals surface area contributed by atoms with E-state index in [4.69, 9.17) is 23.8 Å². The first kappa shape index (κ1) is 24.5. The Morgan fingerprint density at radius 1 is 1.18 bits per heavy atom. The van der Waals surface area contributed by atoms with Gasteiger partial charge in [0.05, 0.1) is 24.8 Å². The van der Waals surface area contributed by atoms with Gasteiger partial charge in [-0.1, -0.05) is 17.7 Å². The van der Waals surface area contributed by atoms with E-state index in [1.165, 1.54) is 6.07 Å². The molecule has 1 N–H and O–H groups in total. The monoisotopic (exact) mass is 499 g/mol. The molecule has 0 aliphatic carbocycles. The van der Waals surface area contributed by atoms with E-state index in [-0.39, 0.29) is 10.8 Å². The highest BCUT2D eigenvalue weighted by atomic mass is 35.5. The number of alkyl halides is 3. The second-order valence-corrected chi connectivity index (χ2v) is 7.78. The number of nitrogens with one attached hydrogen (secondary N) is 1. The number of carbonyl (C=O) groups excluding carboxylic acids is 3. The summed E-state index contributed by atoms with van der Waals surface area (Å²) >= 11 is 11.1. The van der Waals surface area contributed by atoms with Crippen molar-refractivity contribution < 1.29 is 32.3 Å². The topological polar surface area (TPSA) is 79.0 Å². The summed E-state index contributed by atoms with van der Waals surface area (Å²) in [4.78, 5) is 39.7. The van der Waals surface area contributed by atoms with Gasteiger partial charge in [-0.05, 0) is 54.7 Å². The SMILES string of the molecule is COC(=O)CN1C(=S)N(c2cccc(C(F)(F)F)c2)C(=O)[C@@H]1CC(=O)Nc1ccc(Cl)cc1. The minimum absolute atomic E-state index is 0.129. The first-order chi connectivity index (χ1) is 15.5. The van der Waals surface area contributed by atoms with E-state index in [0.29, 0.717) is 10.7 Å². The van der Waals surface area contributed by atoms with Gasteiger partial charge >= 0.3 is 12.1 Å². The van der Waals surface area contributed by atoms with Crippen molar-refractivity contribution in [2.75, 3.05) is 23.9 Å². The molecule has 174 valence electrons. The highest BCUT2D eigenvalue weighted by molar-refractivity contribution is 7.80. The zero-order valence-corrected chi connectivity index (χ0v) is 18.6. The van der Waals surface area contributed by atoms with Gasteiger partial charge < -0.3 is 15.0 Å². The lowest BCUT2D eigenvalue weighted by Crippen LogP contribution is -2.41. The number of amides is 2. The lowest BCUT2D eigenvalue weighted by atomic mass is 10.1. The van der Waals surface area contributed by atoms with Gasteiger partial charge in [-0.15, -0.1) is 0 Å². The number of hydrogen-bond donors (Lipinski definition) is 1. The number of carbonyl (C=O) groups is 3. The fourth-order valence-electron chi connectivity index (χ4n) is 3.20. The van der Waals surface area contributed by atoms with Gasteiger partial charge in [0.15, 0.2) is 5.11 Å².